The normalized spacial score (nSPS) is 17.7. The van der Waals surface area contributed by atoms with Crippen molar-refractivity contribution in [2.24, 2.45) is 5.92 Å². The molecule has 3 heteroatoms. The summed E-state index contributed by atoms with van der Waals surface area (Å²) < 4.78 is 13.3. The Morgan fingerprint density at radius 2 is 2.40 bits per heavy atom. The lowest BCUT2D eigenvalue weighted by Gasteiger charge is -2.14. The van der Waals surface area contributed by atoms with E-state index in [1.165, 1.54) is 19.0 Å². The summed E-state index contributed by atoms with van der Waals surface area (Å²) in [5.74, 6) is 0.642. The average molecular weight is 208 g/mol. The second kappa shape index (κ2) is 4.71. The summed E-state index contributed by atoms with van der Waals surface area (Å²) in [5.41, 5.74) is 0.783. The Kier molecular flexibility index (Phi) is 3.31. The first-order valence-electron chi connectivity index (χ1n) is 5.57. The number of aryl methyl sites for hydroxylation is 1. The fourth-order valence-corrected chi connectivity index (χ4v) is 2.03. The first kappa shape index (κ1) is 10.6. The van der Waals surface area contributed by atoms with Crippen LogP contribution < -0.4 is 5.32 Å². The first-order chi connectivity index (χ1) is 7.31. The zero-order chi connectivity index (χ0) is 10.7. The number of hydrogen-bond acceptors (Lipinski definition) is 2. The van der Waals surface area contributed by atoms with Crippen LogP contribution in [0, 0.1) is 11.7 Å². The molecule has 0 aliphatic heterocycles. The van der Waals surface area contributed by atoms with Gasteiger partial charge in [-0.25, -0.2) is 4.39 Å². The largest absolute Gasteiger partial charge is 0.317 e. The van der Waals surface area contributed by atoms with E-state index in [1.807, 2.05) is 7.05 Å². The van der Waals surface area contributed by atoms with Crippen molar-refractivity contribution in [2.45, 2.75) is 31.7 Å². The number of hydrogen-bond donors (Lipinski definition) is 1. The van der Waals surface area contributed by atoms with Crippen LogP contribution in [0.4, 0.5) is 4.39 Å². The monoisotopic (exact) mass is 208 g/mol. The van der Waals surface area contributed by atoms with Crippen molar-refractivity contribution < 1.29 is 4.39 Å². The maximum absolute atomic E-state index is 13.3. The summed E-state index contributed by atoms with van der Waals surface area (Å²) in [6.45, 7) is 0. The van der Waals surface area contributed by atoms with Crippen LogP contribution in [-0.2, 0) is 6.42 Å². The molecule has 1 unspecified atom stereocenters. The van der Waals surface area contributed by atoms with Gasteiger partial charge in [0.25, 0.3) is 0 Å². The van der Waals surface area contributed by atoms with Gasteiger partial charge >= 0.3 is 0 Å². The summed E-state index contributed by atoms with van der Waals surface area (Å²) in [6, 6.07) is 2.33. The van der Waals surface area contributed by atoms with Gasteiger partial charge in [-0.05, 0) is 50.3 Å². The fourth-order valence-electron chi connectivity index (χ4n) is 2.03. The highest BCUT2D eigenvalue weighted by Gasteiger charge is 2.29. The number of rotatable bonds is 5. The minimum absolute atomic E-state index is 0.178. The zero-order valence-electron chi connectivity index (χ0n) is 9.04. The lowest BCUT2D eigenvalue weighted by molar-refractivity contribution is 0.465. The van der Waals surface area contributed by atoms with Crippen molar-refractivity contribution in [3.05, 3.63) is 29.8 Å². The molecule has 1 N–H and O–H groups in total. The van der Waals surface area contributed by atoms with Gasteiger partial charge in [0, 0.05) is 12.2 Å². The molecule has 2 rings (SSSR count). The predicted molar refractivity (Wildman–Crippen MR) is 58.1 cm³/mol. The highest BCUT2D eigenvalue weighted by Crippen LogP contribution is 2.34. The molecule has 1 aliphatic rings. The first-order valence-corrected chi connectivity index (χ1v) is 5.57. The Morgan fingerprint density at radius 1 is 1.60 bits per heavy atom. The third kappa shape index (κ3) is 2.75. The molecule has 1 heterocycles. The predicted octanol–water partition coefficient (Wildman–Crippen LogP) is 2.15. The summed E-state index contributed by atoms with van der Waals surface area (Å²) in [7, 11) is 1.99. The van der Waals surface area contributed by atoms with Gasteiger partial charge in [0.15, 0.2) is 0 Å². The molecule has 1 aliphatic carbocycles. The van der Waals surface area contributed by atoms with E-state index in [-0.39, 0.29) is 5.82 Å². The summed E-state index contributed by atoms with van der Waals surface area (Å²) in [5, 5.41) is 3.32. The maximum Gasteiger partial charge on any atom is 0.144 e. The third-order valence-corrected chi connectivity index (χ3v) is 3.14. The van der Waals surface area contributed by atoms with Crippen LogP contribution in [-0.4, -0.2) is 18.1 Å². The number of halogens is 1. The molecule has 0 bridgehead atoms. The molecule has 0 radical (unpaired) electrons. The summed E-state index contributed by atoms with van der Waals surface area (Å²) >= 11 is 0. The molecule has 1 fully saturated rings. The quantitative estimate of drug-likeness (QED) is 0.802. The van der Waals surface area contributed by atoms with E-state index in [2.05, 4.69) is 10.3 Å². The van der Waals surface area contributed by atoms with Crippen LogP contribution >= 0.6 is 0 Å². The van der Waals surface area contributed by atoms with E-state index in [0.29, 0.717) is 6.04 Å². The van der Waals surface area contributed by atoms with Gasteiger partial charge in [0.2, 0.25) is 0 Å². The second-order valence-corrected chi connectivity index (χ2v) is 4.24. The van der Waals surface area contributed by atoms with Crippen molar-refractivity contribution in [3.8, 4) is 0 Å². The number of nitrogens with one attached hydrogen (secondary N) is 1. The maximum atomic E-state index is 13.3. The molecule has 0 aromatic carbocycles. The van der Waals surface area contributed by atoms with Gasteiger partial charge in [-0.1, -0.05) is 0 Å². The lowest BCUT2D eigenvalue weighted by atomic mass is 10.0. The lowest BCUT2D eigenvalue weighted by Crippen LogP contribution is -2.27. The van der Waals surface area contributed by atoms with E-state index >= 15 is 0 Å². The Hall–Kier alpha value is -0.960. The van der Waals surface area contributed by atoms with Crippen LogP contribution in [0.15, 0.2) is 18.5 Å². The number of pyridine rings is 1. The van der Waals surface area contributed by atoms with Crippen LogP contribution in [0.1, 0.15) is 24.8 Å². The standard InChI is InChI=1S/C12H17FN2/c1-14-12(10-2-3-10)5-4-9-6-7-15-8-11(9)13/h6-8,10,12,14H,2-5H2,1H3. The fraction of sp³-hybridized carbons (Fsp3) is 0.583. The molecule has 1 saturated carbocycles. The van der Waals surface area contributed by atoms with Crippen molar-refractivity contribution >= 4 is 0 Å². The minimum Gasteiger partial charge on any atom is -0.317 e. The van der Waals surface area contributed by atoms with E-state index in [0.717, 1.165) is 24.3 Å². The van der Waals surface area contributed by atoms with E-state index in [4.69, 9.17) is 0 Å². The number of aromatic nitrogens is 1. The minimum atomic E-state index is -0.178. The molecule has 82 valence electrons. The van der Waals surface area contributed by atoms with Crippen LogP contribution in [0.3, 0.4) is 0 Å². The van der Waals surface area contributed by atoms with Crippen molar-refractivity contribution in [2.75, 3.05) is 7.05 Å². The molecule has 0 spiro atoms. The molecule has 0 amide bonds. The smallest absolute Gasteiger partial charge is 0.144 e. The van der Waals surface area contributed by atoms with Crippen LogP contribution in [0.5, 0.6) is 0 Å². The molecule has 1 aromatic rings. The topological polar surface area (TPSA) is 24.9 Å². The SMILES string of the molecule is CNC(CCc1ccncc1F)C1CC1. The molecule has 2 nitrogen and oxygen atoms in total. The Balaban J connectivity index is 1.89. The van der Waals surface area contributed by atoms with E-state index < -0.39 is 0 Å². The van der Waals surface area contributed by atoms with Gasteiger partial charge < -0.3 is 5.32 Å². The third-order valence-electron chi connectivity index (χ3n) is 3.14. The summed E-state index contributed by atoms with van der Waals surface area (Å²) in [4.78, 5) is 3.75. The van der Waals surface area contributed by atoms with Crippen molar-refractivity contribution in [3.63, 3.8) is 0 Å². The van der Waals surface area contributed by atoms with Crippen molar-refractivity contribution in [1.82, 2.24) is 10.3 Å². The summed E-state index contributed by atoms with van der Waals surface area (Å²) in [6.07, 6.45) is 7.41. The highest BCUT2D eigenvalue weighted by molar-refractivity contribution is 5.13. The Bertz CT molecular complexity index is 323. The molecule has 1 aromatic heterocycles. The van der Waals surface area contributed by atoms with Gasteiger partial charge in [0.1, 0.15) is 5.82 Å². The van der Waals surface area contributed by atoms with Gasteiger partial charge in [-0.15, -0.1) is 0 Å². The molecular formula is C12H17FN2. The zero-order valence-corrected chi connectivity index (χ0v) is 9.04. The Morgan fingerprint density at radius 3 is 3.00 bits per heavy atom. The van der Waals surface area contributed by atoms with Crippen LogP contribution in [0.2, 0.25) is 0 Å². The van der Waals surface area contributed by atoms with Crippen molar-refractivity contribution in [1.29, 1.82) is 0 Å². The van der Waals surface area contributed by atoms with Gasteiger partial charge in [0.05, 0.1) is 6.20 Å². The molecule has 15 heavy (non-hydrogen) atoms. The molecular weight excluding hydrogens is 191 g/mol. The molecule has 0 saturated heterocycles. The van der Waals surface area contributed by atoms with E-state index in [1.54, 1.807) is 12.3 Å². The second-order valence-electron chi connectivity index (χ2n) is 4.24. The Labute approximate surface area is 89.9 Å². The van der Waals surface area contributed by atoms with E-state index in [9.17, 15) is 4.39 Å². The average Bonchev–Trinajstić information content (AvgIpc) is 3.06. The molecule has 1 atom stereocenters. The van der Waals surface area contributed by atoms with Gasteiger partial charge in [-0.3, -0.25) is 4.98 Å². The van der Waals surface area contributed by atoms with Gasteiger partial charge in [-0.2, -0.15) is 0 Å². The highest BCUT2D eigenvalue weighted by atomic mass is 19.1. The van der Waals surface area contributed by atoms with Crippen LogP contribution in [0.25, 0.3) is 0 Å². The number of nitrogens with zero attached hydrogens (tertiary/aromatic N) is 1.